The zero-order valence-electron chi connectivity index (χ0n) is 12.7. The van der Waals surface area contributed by atoms with Gasteiger partial charge in [0.1, 0.15) is 0 Å². The van der Waals surface area contributed by atoms with E-state index in [1.54, 1.807) is 0 Å². The molecule has 5 heteroatoms. The van der Waals surface area contributed by atoms with Crippen molar-refractivity contribution in [1.29, 1.82) is 0 Å². The van der Waals surface area contributed by atoms with E-state index in [4.69, 9.17) is 4.74 Å². The Hall–Kier alpha value is -1.33. The third-order valence-electron chi connectivity index (χ3n) is 3.89. The summed E-state index contributed by atoms with van der Waals surface area (Å²) >= 11 is 1.88. The van der Waals surface area contributed by atoms with Gasteiger partial charge in [0.05, 0.1) is 30.6 Å². The van der Waals surface area contributed by atoms with Gasteiger partial charge in [0, 0.05) is 22.6 Å². The van der Waals surface area contributed by atoms with Crippen molar-refractivity contribution < 1.29 is 4.74 Å². The summed E-state index contributed by atoms with van der Waals surface area (Å²) in [4.78, 5) is 2.81. The predicted octanol–water partition coefficient (Wildman–Crippen LogP) is 3.86. The van der Waals surface area contributed by atoms with Crippen LogP contribution in [0.3, 0.4) is 0 Å². The molecule has 2 aromatic rings. The van der Waals surface area contributed by atoms with Crippen molar-refractivity contribution in [2.24, 2.45) is 0 Å². The highest BCUT2D eigenvalue weighted by atomic mass is 32.1. The quantitative estimate of drug-likeness (QED) is 0.881. The number of aromatic nitrogens is 2. The molecule has 0 radical (unpaired) electrons. The average molecular weight is 305 g/mol. The lowest BCUT2D eigenvalue weighted by Crippen LogP contribution is -2.15. The molecule has 1 N–H and O–H groups in total. The summed E-state index contributed by atoms with van der Waals surface area (Å²) in [6.07, 6.45) is 7.74. The molecule has 1 saturated heterocycles. The zero-order chi connectivity index (χ0) is 14.7. The van der Waals surface area contributed by atoms with Crippen molar-refractivity contribution >= 4 is 17.0 Å². The van der Waals surface area contributed by atoms with Crippen LogP contribution in [0, 0.1) is 0 Å². The van der Waals surface area contributed by atoms with Crippen LogP contribution >= 0.6 is 11.3 Å². The number of hydrogen-bond acceptors (Lipinski definition) is 4. The standard InChI is InChI=1S/C16H23N3OS/c1-3-15-6-7-16(21-15)12(2)18-13-9-17-19(10-13)11-14-5-4-8-20-14/h6-7,9-10,12,14,18H,3-5,8,11H2,1-2H3. The Bertz CT molecular complexity index is 572. The van der Waals surface area contributed by atoms with Crippen molar-refractivity contribution in [3.05, 3.63) is 34.3 Å². The van der Waals surface area contributed by atoms with Crippen molar-refractivity contribution in [1.82, 2.24) is 9.78 Å². The molecule has 0 aromatic carbocycles. The van der Waals surface area contributed by atoms with Gasteiger partial charge in [-0.05, 0) is 38.3 Å². The van der Waals surface area contributed by atoms with Crippen molar-refractivity contribution in [2.75, 3.05) is 11.9 Å². The second kappa shape index (κ2) is 6.62. The molecule has 0 saturated carbocycles. The Morgan fingerprint density at radius 2 is 2.43 bits per heavy atom. The van der Waals surface area contributed by atoms with Crippen LogP contribution in [0.5, 0.6) is 0 Å². The number of rotatable bonds is 6. The van der Waals surface area contributed by atoms with Gasteiger partial charge in [-0.15, -0.1) is 11.3 Å². The Morgan fingerprint density at radius 1 is 1.52 bits per heavy atom. The molecule has 1 aliphatic rings. The van der Waals surface area contributed by atoms with Gasteiger partial charge < -0.3 is 10.1 Å². The lowest BCUT2D eigenvalue weighted by molar-refractivity contribution is 0.0940. The molecule has 2 unspecified atom stereocenters. The molecule has 2 aromatic heterocycles. The molecule has 2 atom stereocenters. The number of aryl methyl sites for hydroxylation is 1. The average Bonchev–Trinajstić information content (AvgIpc) is 3.20. The highest BCUT2D eigenvalue weighted by Crippen LogP contribution is 2.26. The number of nitrogens with one attached hydrogen (secondary N) is 1. The van der Waals surface area contributed by atoms with E-state index in [-0.39, 0.29) is 0 Å². The van der Waals surface area contributed by atoms with E-state index in [2.05, 4.69) is 42.6 Å². The third kappa shape index (κ3) is 3.66. The highest BCUT2D eigenvalue weighted by Gasteiger charge is 2.16. The Kier molecular flexibility index (Phi) is 4.60. The molecule has 3 heterocycles. The van der Waals surface area contributed by atoms with E-state index in [0.717, 1.165) is 31.7 Å². The first-order valence-electron chi connectivity index (χ1n) is 7.74. The monoisotopic (exact) mass is 305 g/mol. The molecular formula is C16H23N3OS. The molecule has 1 fully saturated rings. The maximum Gasteiger partial charge on any atom is 0.0771 e. The Morgan fingerprint density at radius 3 is 3.14 bits per heavy atom. The molecule has 1 aliphatic heterocycles. The van der Waals surface area contributed by atoms with Gasteiger partial charge in [-0.3, -0.25) is 4.68 Å². The fraction of sp³-hybridized carbons (Fsp3) is 0.562. The van der Waals surface area contributed by atoms with Gasteiger partial charge in [-0.25, -0.2) is 0 Å². The smallest absolute Gasteiger partial charge is 0.0771 e. The normalized spacial score (nSPS) is 19.8. The molecule has 3 rings (SSSR count). The summed E-state index contributed by atoms with van der Waals surface area (Å²) in [5.41, 5.74) is 1.08. The minimum atomic E-state index is 0.315. The SMILES string of the molecule is CCc1ccc(C(C)Nc2cnn(CC3CCCO3)c2)s1. The highest BCUT2D eigenvalue weighted by molar-refractivity contribution is 7.12. The first kappa shape index (κ1) is 14.6. The second-order valence-electron chi connectivity index (χ2n) is 5.61. The van der Waals surface area contributed by atoms with E-state index in [9.17, 15) is 0 Å². The molecule has 0 spiro atoms. The van der Waals surface area contributed by atoms with Crippen molar-refractivity contribution in [3.63, 3.8) is 0 Å². The van der Waals surface area contributed by atoms with Gasteiger partial charge in [0.25, 0.3) is 0 Å². The van der Waals surface area contributed by atoms with Crippen LogP contribution in [0.25, 0.3) is 0 Å². The number of thiophene rings is 1. The molecule has 21 heavy (non-hydrogen) atoms. The van der Waals surface area contributed by atoms with Gasteiger partial charge in [-0.2, -0.15) is 5.10 Å². The number of hydrogen-bond donors (Lipinski definition) is 1. The summed E-state index contributed by atoms with van der Waals surface area (Å²) < 4.78 is 7.64. The number of anilines is 1. The lowest BCUT2D eigenvalue weighted by atomic mass is 10.2. The lowest BCUT2D eigenvalue weighted by Gasteiger charge is -2.12. The van der Waals surface area contributed by atoms with Crippen LogP contribution in [0.1, 0.15) is 42.5 Å². The summed E-state index contributed by atoms with van der Waals surface area (Å²) in [7, 11) is 0. The maximum absolute atomic E-state index is 5.65. The molecular weight excluding hydrogens is 282 g/mol. The Balaban J connectivity index is 1.58. The fourth-order valence-corrected chi connectivity index (χ4v) is 3.63. The topological polar surface area (TPSA) is 39.1 Å². The van der Waals surface area contributed by atoms with Crippen LogP contribution in [0.2, 0.25) is 0 Å². The molecule has 0 bridgehead atoms. The van der Waals surface area contributed by atoms with Crippen LogP contribution in [0.15, 0.2) is 24.5 Å². The summed E-state index contributed by atoms with van der Waals surface area (Å²) in [5.74, 6) is 0. The van der Waals surface area contributed by atoms with Crippen LogP contribution in [0.4, 0.5) is 5.69 Å². The van der Waals surface area contributed by atoms with E-state index in [0.29, 0.717) is 12.1 Å². The molecule has 0 aliphatic carbocycles. The van der Waals surface area contributed by atoms with E-state index >= 15 is 0 Å². The van der Waals surface area contributed by atoms with Gasteiger partial charge in [0.15, 0.2) is 0 Å². The Labute approximate surface area is 130 Å². The summed E-state index contributed by atoms with van der Waals surface area (Å²) in [5, 5.41) is 7.95. The molecule has 114 valence electrons. The second-order valence-corrected chi connectivity index (χ2v) is 6.81. The zero-order valence-corrected chi connectivity index (χ0v) is 13.5. The van der Waals surface area contributed by atoms with Crippen LogP contribution in [-0.4, -0.2) is 22.5 Å². The largest absolute Gasteiger partial charge is 0.376 e. The van der Waals surface area contributed by atoms with Gasteiger partial charge in [-0.1, -0.05) is 6.92 Å². The first-order valence-corrected chi connectivity index (χ1v) is 8.55. The summed E-state index contributed by atoms with van der Waals surface area (Å²) in [6, 6.07) is 4.76. The van der Waals surface area contributed by atoms with Gasteiger partial charge >= 0.3 is 0 Å². The van der Waals surface area contributed by atoms with Crippen LogP contribution in [-0.2, 0) is 17.7 Å². The molecule has 4 nitrogen and oxygen atoms in total. The first-order chi connectivity index (χ1) is 10.2. The van der Waals surface area contributed by atoms with E-state index in [1.165, 1.54) is 16.2 Å². The molecule has 0 amide bonds. The number of ether oxygens (including phenoxy) is 1. The van der Waals surface area contributed by atoms with E-state index in [1.807, 2.05) is 22.2 Å². The third-order valence-corrected chi connectivity index (χ3v) is 5.30. The van der Waals surface area contributed by atoms with Crippen LogP contribution < -0.4 is 5.32 Å². The number of nitrogens with zero attached hydrogens (tertiary/aromatic N) is 2. The minimum Gasteiger partial charge on any atom is -0.376 e. The van der Waals surface area contributed by atoms with Gasteiger partial charge in [0.2, 0.25) is 0 Å². The van der Waals surface area contributed by atoms with Crippen molar-refractivity contribution in [3.8, 4) is 0 Å². The minimum absolute atomic E-state index is 0.315. The van der Waals surface area contributed by atoms with E-state index < -0.39 is 0 Å². The summed E-state index contributed by atoms with van der Waals surface area (Å²) in [6.45, 7) is 6.15. The van der Waals surface area contributed by atoms with Crippen molar-refractivity contribution in [2.45, 2.75) is 51.8 Å². The predicted molar refractivity (Wildman–Crippen MR) is 86.9 cm³/mol. The fourth-order valence-electron chi connectivity index (χ4n) is 2.67. The maximum atomic E-state index is 5.65.